The van der Waals surface area contributed by atoms with Crippen LogP contribution in [0.15, 0.2) is 12.2 Å². The predicted octanol–water partition coefficient (Wildman–Crippen LogP) is 1.73. The van der Waals surface area contributed by atoms with Crippen LogP contribution in [0.3, 0.4) is 0 Å². The number of carbonyl (C=O) groups is 2. The predicted molar refractivity (Wildman–Crippen MR) is 62.4 cm³/mol. The van der Waals surface area contributed by atoms with Crippen LogP contribution in [0, 0.1) is 0 Å². The summed E-state index contributed by atoms with van der Waals surface area (Å²) in [5, 5.41) is 3.14. The number of hydrazine groups is 1. The number of hydrogen-bond donors (Lipinski definition) is 0. The molecule has 1 rings (SSSR count). The average molecular weight is 224 g/mol. The lowest BCUT2D eigenvalue weighted by Crippen LogP contribution is -2.47. The first-order chi connectivity index (χ1) is 7.70. The maximum Gasteiger partial charge on any atom is 0.268 e. The molecule has 2 amide bonds. The normalized spacial score (nSPS) is 15.6. The zero-order chi connectivity index (χ0) is 12.0. The number of amides is 2. The molecule has 1 aliphatic rings. The van der Waals surface area contributed by atoms with Crippen LogP contribution in [0.25, 0.3) is 0 Å². The molecule has 16 heavy (non-hydrogen) atoms. The Bertz CT molecular complexity index is 261. The van der Waals surface area contributed by atoms with E-state index in [1.807, 2.05) is 5.01 Å². The Labute approximate surface area is 96.9 Å². The fourth-order valence-electron chi connectivity index (χ4n) is 1.66. The molecule has 0 aromatic heterocycles. The summed E-state index contributed by atoms with van der Waals surface area (Å²) in [4.78, 5) is 23.1. The van der Waals surface area contributed by atoms with Gasteiger partial charge in [-0.05, 0) is 12.8 Å². The average Bonchev–Trinajstić information content (AvgIpc) is 2.60. The molecular formula is C12H20N2O2. The van der Waals surface area contributed by atoms with Crippen molar-refractivity contribution in [2.24, 2.45) is 0 Å². The van der Waals surface area contributed by atoms with Crippen LogP contribution in [0.2, 0.25) is 0 Å². The van der Waals surface area contributed by atoms with E-state index in [4.69, 9.17) is 0 Å². The molecule has 0 saturated heterocycles. The summed E-state index contributed by atoms with van der Waals surface area (Å²) < 4.78 is 0. The smallest absolute Gasteiger partial charge is 0.268 e. The lowest BCUT2D eigenvalue weighted by atomic mass is 10.3. The van der Waals surface area contributed by atoms with Gasteiger partial charge in [0.2, 0.25) is 0 Å². The molecule has 0 radical (unpaired) electrons. The molecule has 0 spiro atoms. The van der Waals surface area contributed by atoms with Crippen molar-refractivity contribution < 1.29 is 9.59 Å². The van der Waals surface area contributed by atoms with Gasteiger partial charge in [-0.15, -0.1) is 0 Å². The fourth-order valence-corrected chi connectivity index (χ4v) is 1.66. The highest BCUT2D eigenvalue weighted by Gasteiger charge is 2.28. The van der Waals surface area contributed by atoms with Crippen molar-refractivity contribution in [1.29, 1.82) is 0 Å². The molecule has 0 aromatic rings. The van der Waals surface area contributed by atoms with E-state index in [9.17, 15) is 9.59 Å². The number of nitrogens with zero attached hydrogens (tertiary/aromatic N) is 2. The van der Waals surface area contributed by atoms with Crippen LogP contribution in [-0.2, 0) is 9.59 Å². The second kappa shape index (κ2) is 6.43. The summed E-state index contributed by atoms with van der Waals surface area (Å²) >= 11 is 0. The molecule has 0 saturated carbocycles. The maximum absolute atomic E-state index is 11.5. The van der Waals surface area contributed by atoms with Crippen LogP contribution in [0.1, 0.15) is 39.5 Å². The van der Waals surface area contributed by atoms with E-state index in [-0.39, 0.29) is 11.8 Å². The molecule has 90 valence electrons. The second-order valence-corrected chi connectivity index (χ2v) is 3.98. The molecule has 0 aromatic carbocycles. The molecule has 1 heterocycles. The van der Waals surface area contributed by atoms with Crippen LogP contribution in [-0.4, -0.2) is 34.9 Å². The van der Waals surface area contributed by atoms with E-state index >= 15 is 0 Å². The minimum absolute atomic E-state index is 0.211. The van der Waals surface area contributed by atoms with Crippen molar-refractivity contribution in [3.05, 3.63) is 12.2 Å². The number of carbonyl (C=O) groups excluding carboxylic acids is 2. The first-order valence-corrected chi connectivity index (χ1v) is 6.01. The number of hydrogen-bond acceptors (Lipinski definition) is 3. The van der Waals surface area contributed by atoms with Gasteiger partial charge in [0.15, 0.2) is 0 Å². The monoisotopic (exact) mass is 224 g/mol. The van der Waals surface area contributed by atoms with Gasteiger partial charge in [0, 0.05) is 25.2 Å². The molecule has 0 unspecified atom stereocenters. The van der Waals surface area contributed by atoms with E-state index < -0.39 is 0 Å². The van der Waals surface area contributed by atoms with Gasteiger partial charge in [0.25, 0.3) is 11.8 Å². The summed E-state index contributed by atoms with van der Waals surface area (Å²) in [6.45, 7) is 5.75. The molecule has 0 N–H and O–H groups in total. The van der Waals surface area contributed by atoms with Gasteiger partial charge >= 0.3 is 0 Å². The van der Waals surface area contributed by atoms with Crippen molar-refractivity contribution in [1.82, 2.24) is 10.0 Å². The van der Waals surface area contributed by atoms with Crippen LogP contribution in [0.4, 0.5) is 0 Å². The highest BCUT2D eigenvalue weighted by Crippen LogP contribution is 2.11. The number of rotatable bonds is 7. The first kappa shape index (κ1) is 12.9. The zero-order valence-corrected chi connectivity index (χ0v) is 10.1. The van der Waals surface area contributed by atoms with E-state index in [1.165, 1.54) is 17.2 Å². The van der Waals surface area contributed by atoms with Gasteiger partial charge in [0.1, 0.15) is 0 Å². The lowest BCUT2D eigenvalue weighted by Gasteiger charge is -2.29. The van der Waals surface area contributed by atoms with Crippen LogP contribution >= 0.6 is 0 Å². The standard InChI is InChI=1S/C12H20N2O2/c1-3-5-9-13(10-6-4-2)14-11(15)7-8-12(14)16/h7-8H,3-6,9-10H2,1-2H3. The summed E-state index contributed by atoms with van der Waals surface area (Å²) in [5.74, 6) is -0.422. The summed E-state index contributed by atoms with van der Waals surface area (Å²) in [7, 11) is 0. The number of imide groups is 1. The van der Waals surface area contributed by atoms with Crippen molar-refractivity contribution >= 4 is 11.8 Å². The van der Waals surface area contributed by atoms with Gasteiger partial charge in [-0.1, -0.05) is 26.7 Å². The molecule has 0 fully saturated rings. The van der Waals surface area contributed by atoms with E-state index in [2.05, 4.69) is 13.8 Å². The Morgan fingerprint density at radius 1 is 1.00 bits per heavy atom. The molecule has 0 bridgehead atoms. The third-order valence-electron chi connectivity index (χ3n) is 2.61. The van der Waals surface area contributed by atoms with Gasteiger partial charge in [-0.2, -0.15) is 0 Å². The molecule has 4 heteroatoms. The van der Waals surface area contributed by atoms with Gasteiger partial charge in [-0.3, -0.25) is 9.59 Å². The molecular weight excluding hydrogens is 204 g/mol. The van der Waals surface area contributed by atoms with Crippen molar-refractivity contribution in [2.75, 3.05) is 13.1 Å². The highest BCUT2D eigenvalue weighted by atomic mass is 16.2. The highest BCUT2D eigenvalue weighted by molar-refractivity contribution is 6.12. The fraction of sp³-hybridized carbons (Fsp3) is 0.667. The summed E-state index contributed by atoms with van der Waals surface area (Å²) in [6, 6.07) is 0. The molecule has 0 atom stereocenters. The SMILES string of the molecule is CCCCN(CCCC)N1C(=O)C=CC1=O. The number of unbranched alkanes of at least 4 members (excludes halogenated alkanes) is 2. The minimum Gasteiger partial charge on any atom is -0.268 e. The van der Waals surface area contributed by atoms with E-state index in [1.54, 1.807) is 0 Å². The zero-order valence-electron chi connectivity index (χ0n) is 10.1. The first-order valence-electron chi connectivity index (χ1n) is 6.01. The Morgan fingerprint density at radius 3 is 1.81 bits per heavy atom. The van der Waals surface area contributed by atoms with E-state index in [0.717, 1.165) is 38.8 Å². The lowest BCUT2D eigenvalue weighted by molar-refractivity contribution is -0.155. The molecule has 4 nitrogen and oxygen atoms in total. The Hall–Kier alpha value is -1.16. The van der Waals surface area contributed by atoms with Crippen LogP contribution in [0.5, 0.6) is 0 Å². The quantitative estimate of drug-likeness (QED) is 0.618. The topological polar surface area (TPSA) is 40.6 Å². The third kappa shape index (κ3) is 3.17. The third-order valence-corrected chi connectivity index (χ3v) is 2.61. The summed E-state index contributed by atoms with van der Waals surface area (Å²) in [5.41, 5.74) is 0. The largest absolute Gasteiger partial charge is 0.268 e. The summed E-state index contributed by atoms with van der Waals surface area (Å²) in [6.07, 6.45) is 6.81. The van der Waals surface area contributed by atoms with Gasteiger partial charge in [-0.25, -0.2) is 10.0 Å². The van der Waals surface area contributed by atoms with Gasteiger partial charge < -0.3 is 0 Å². The van der Waals surface area contributed by atoms with Gasteiger partial charge in [0.05, 0.1) is 0 Å². The molecule has 0 aliphatic carbocycles. The Morgan fingerprint density at radius 2 is 1.44 bits per heavy atom. The molecule has 1 aliphatic heterocycles. The van der Waals surface area contributed by atoms with E-state index in [0.29, 0.717) is 0 Å². The van der Waals surface area contributed by atoms with Crippen molar-refractivity contribution in [3.8, 4) is 0 Å². The second-order valence-electron chi connectivity index (χ2n) is 3.98. The Balaban J connectivity index is 2.60. The maximum atomic E-state index is 11.5. The van der Waals surface area contributed by atoms with Crippen molar-refractivity contribution in [2.45, 2.75) is 39.5 Å². The van der Waals surface area contributed by atoms with Crippen LogP contribution < -0.4 is 0 Å². The minimum atomic E-state index is -0.211. The van der Waals surface area contributed by atoms with Crippen molar-refractivity contribution in [3.63, 3.8) is 0 Å². The Kier molecular flexibility index (Phi) is 5.19.